The molecule has 1 saturated carbocycles. The topological polar surface area (TPSA) is 69.6 Å². The predicted octanol–water partition coefficient (Wildman–Crippen LogP) is 2.20. The van der Waals surface area contributed by atoms with Gasteiger partial charge in [-0.15, -0.1) is 5.10 Å². The van der Waals surface area contributed by atoms with E-state index in [1.165, 1.54) is 12.8 Å². The maximum absolute atomic E-state index is 5.88. The molecular formula is C13H17N5. The number of hydrogen-bond acceptors (Lipinski definition) is 4. The molecule has 2 unspecified atom stereocenters. The van der Waals surface area contributed by atoms with Crippen LogP contribution in [0.15, 0.2) is 18.2 Å². The number of nitrogen functional groups attached to an aromatic ring is 1. The minimum absolute atomic E-state index is 0.460. The van der Waals surface area contributed by atoms with E-state index in [1.54, 1.807) is 0 Å². The summed E-state index contributed by atoms with van der Waals surface area (Å²) in [4.78, 5) is 0. The van der Waals surface area contributed by atoms with Gasteiger partial charge in [-0.3, -0.25) is 0 Å². The van der Waals surface area contributed by atoms with Crippen molar-refractivity contribution in [3.63, 3.8) is 0 Å². The maximum Gasteiger partial charge on any atom is 0.182 e. The van der Waals surface area contributed by atoms with Crippen LogP contribution < -0.4 is 5.73 Å². The van der Waals surface area contributed by atoms with Crippen molar-refractivity contribution in [3.05, 3.63) is 23.8 Å². The molecular weight excluding hydrogens is 226 g/mol. The third-order valence-electron chi connectivity index (χ3n) is 3.57. The zero-order chi connectivity index (χ0) is 12.7. The number of anilines is 1. The number of hydrogen-bond donors (Lipinski definition) is 1. The van der Waals surface area contributed by atoms with Crippen LogP contribution in [0, 0.1) is 12.8 Å². The van der Waals surface area contributed by atoms with Gasteiger partial charge in [0.05, 0.1) is 6.04 Å². The molecule has 0 radical (unpaired) electrons. The van der Waals surface area contributed by atoms with Crippen LogP contribution in [0.25, 0.3) is 11.4 Å². The summed E-state index contributed by atoms with van der Waals surface area (Å²) in [5.74, 6) is 1.54. The molecule has 18 heavy (non-hydrogen) atoms. The van der Waals surface area contributed by atoms with E-state index in [9.17, 15) is 0 Å². The summed E-state index contributed by atoms with van der Waals surface area (Å²) < 4.78 is 1.95. The van der Waals surface area contributed by atoms with Crippen molar-refractivity contribution in [2.24, 2.45) is 5.92 Å². The number of benzene rings is 1. The van der Waals surface area contributed by atoms with Gasteiger partial charge in [0.2, 0.25) is 0 Å². The number of tetrazole rings is 1. The third-order valence-corrected chi connectivity index (χ3v) is 3.57. The van der Waals surface area contributed by atoms with E-state index >= 15 is 0 Å². The van der Waals surface area contributed by atoms with Gasteiger partial charge in [-0.2, -0.15) is 0 Å². The SMILES string of the molecule is CCC1CC1n1nnnc1-c1cc(C)cc(N)c1. The molecule has 1 aromatic heterocycles. The Labute approximate surface area is 106 Å². The first kappa shape index (κ1) is 11.2. The molecule has 0 spiro atoms. The number of aromatic nitrogens is 4. The van der Waals surface area contributed by atoms with Crippen molar-refractivity contribution in [1.29, 1.82) is 0 Å². The second-order valence-electron chi connectivity index (χ2n) is 5.05. The Balaban J connectivity index is 2.00. The Hall–Kier alpha value is -1.91. The van der Waals surface area contributed by atoms with Gasteiger partial charge in [0, 0.05) is 11.3 Å². The van der Waals surface area contributed by atoms with Crippen molar-refractivity contribution in [2.75, 3.05) is 5.73 Å². The van der Waals surface area contributed by atoms with Gasteiger partial charge in [0.15, 0.2) is 5.82 Å². The largest absolute Gasteiger partial charge is 0.399 e. The zero-order valence-corrected chi connectivity index (χ0v) is 10.7. The van der Waals surface area contributed by atoms with Gasteiger partial charge in [-0.25, -0.2) is 4.68 Å². The van der Waals surface area contributed by atoms with Crippen LogP contribution in [0.1, 0.15) is 31.4 Å². The van der Waals surface area contributed by atoms with Crippen LogP contribution in [0.5, 0.6) is 0 Å². The highest BCUT2D eigenvalue weighted by Gasteiger charge is 2.39. The summed E-state index contributed by atoms with van der Waals surface area (Å²) in [6.07, 6.45) is 2.36. The van der Waals surface area contributed by atoms with Gasteiger partial charge in [0.25, 0.3) is 0 Å². The molecule has 5 heteroatoms. The molecule has 0 aliphatic heterocycles. The standard InChI is InChI=1S/C13H17N5/c1-3-9-7-12(9)18-13(15-16-17-18)10-4-8(2)5-11(14)6-10/h4-6,9,12H,3,7,14H2,1-2H3. The molecule has 1 aliphatic carbocycles. The maximum atomic E-state index is 5.88. The molecule has 2 atom stereocenters. The van der Waals surface area contributed by atoms with Crippen LogP contribution in [0.4, 0.5) is 5.69 Å². The number of rotatable bonds is 3. The summed E-state index contributed by atoms with van der Waals surface area (Å²) in [6.45, 7) is 4.24. The highest BCUT2D eigenvalue weighted by molar-refractivity contribution is 5.62. The lowest BCUT2D eigenvalue weighted by molar-refractivity contribution is 0.563. The van der Waals surface area contributed by atoms with E-state index in [1.807, 2.05) is 23.7 Å². The second kappa shape index (κ2) is 4.08. The molecule has 0 amide bonds. The molecule has 2 aromatic rings. The quantitative estimate of drug-likeness (QED) is 0.839. The monoisotopic (exact) mass is 243 g/mol. The Morgan fingerprint density at radius 1 is 1.39 bits per heavy atom. The van der Waals surface area contributed by atoms with Crippen molar-refractivity contribution >= 4 is 5.69 Å². The predicted molar refractivity (Wildman–Crippen MR) is 69.8 cm³/mol. The lowest BCUT2D eigenvalue weighted by Crippen LogP contribution is -2.02. The number of aryl methyl sites for hydroxylation is 1. The average molecular weight is 243 g/mol. The molecule has 1 heterocycles. The van der Waals surface area contributed by atoms with E-state index < -0.39 is 0 Å². The van der Waals surface area contributed by atoms with Crippen LogP contribution in [-0.4, -0.2) is 20.2 Å². The van der Waals surface area contributed by atoms with Crippen LogP contribution >= 0.6 is 0 Å². The first-order valence-corrected chi connectivity index (χ1v) is 6.34. The van der Waals surface area contributed by atoms with Crippen molar-refractivity contribution in [3.8, 4) is 11.4 Å². The first-order chi connectivity index (χ1) is 8.69. The minimum Gasteiger partial charge on any atom is -0.399 e. The van der Waals surface area contributed by atoms with E-state index in [4.69, 9.17) is 5.73 Å². The summed E-state index contributed by atoms with van der Waals surface area (Å²) in [5.41, 5.74) is 8.76. The Bertz CT molecular complexity index is 554. The summed E-state index contributed by atoms with van der Waals surface area (Å²) in [6, 6.07) is 6.41. The Morgan fingerprint density at radius 2 is 2.22 bits per heavy atom. The molecule has 5 nitrogen and oxygen atoms in total. The molecule has 0 bridgehead atoms. The molecule has 1 aliphatic rings. The van der Waals surface area contributed by atoms with Gasteiger partial charge in [-0.05, 0) is 53.5 Å². The molecule has 1 aromatic carbocycles. The second-order valence-corrected chi connectivity index (χ2v) is 5.05. The normalized spacial score (nSPS) is 22.1. The molecule has 3 rings (SSSR count). The Kier molecular flexibility index (Phi) is 2.54. The fourth-order valence-electron chi connectivity index (χ4n) is 2.52. The number of nitrogens with two attached hydrogens (primary N) is 1. The fourth-order valence-corrected chi connectivity index (χ4v) is 2.52. The van der Waals surface area contributed by atoms with Gasteiger partial charge < -0.3 is 5.73 Å². The first-order valence-electron chi connectivity index (χ1n) is 6.34. The van der Waals surface area contributed by atoms with Crippen LogP contribution in [-0.2, 0) is 0 Å². The van der Waals surface area contributed by atoms with E-state index in [0.717, 1.165) is 28.6 Å². The van der Waals surface area contributed by atoms with Gasteiger partial charge >= 0.3 is 0 Å². The summed E-state index contributed by atoms with van der Waals surface area (Å²) in [7, 11) is 0. The van der Waals surface area contributed by atoms with E-state index in [-0.39, 0.29) is 0 Å². The molecule has 0 saturated heterocycles. The van der Waals surface area contributed by atoms with Crippen molar-refractivity contribution in [2.45, 2.75) is 32.7 Å². The zero-order valence-electron chi connectivity index (χ0n) is 10.7. The summed E-state index contributed by atoms with van der Waals surface area (Å²) >= 11 is 0. The minimum atomic E-state index is 0.460. The average Bonchev–Trinajstić information content (AvgIpc) is 2.95. The van der Waals surface area contributed by atoms with Crippen LogP contribution in [0.3, 0.4) is 0 Å². The molecule has 94 valence electrons. The van der Waals surface area contributed by atoms with Crippen molar-refractivity contribution in [1.82, 2.24) is 20.2 Å². The van der Waals surface area contributed by atoms with Gasteiger partial charge in [0.1, 0.15) is 0 Å². The lowest BCUT2D eigenvalue weighted by Gasteiger charge is -2.06. The van der Waals surface area contributed by atoms with Crippen molar-refractivity contribution < 1.29 is 0 Å². The highest BCUT2D eigenvalue weighted by Crippen LogP contribution is 2.46. The third kappa shape index (κ3) is 1.85. The smallest absolute Gasteiger partial charge is 0.182 e. The molecule has 1 fully saturated rings. The lowest BCUT2D eigenvalue weighted by atomic mass is 10.1. The fraction of sp³-hybridized carbons (Fsp3) is 0.462. The van der Waals surface area contributed by atoms with Gasteiger partial charge in [-0.1, -0.05) is 13.3 Å². The number of nitrogens with zero attached hydrogens (tertiary/aromatic N) is 4. The Morgan fingerprint density at radius 3 is 2.89 bits per heavy atom. The van der Waals surface area contributed by atoms with Crippen LogP contribution in [0.2, 0.25) is 0 Å². The summed E-state index contributed by atoms with van der Waals surface area (Å²) in [5, 5.41) is 12.1. The van der Waals surface area contributed by atoms with E-state index in [2.05, 4.69) is 28.5 Å². The van der Waals surface area contributed by atoms with E-state index in [0.29, 0.717) is 6.04 Å². The highest BCUT2D eigenvalue weighted by atomic mass is 15.6. The molecule has 2 N–H and O–H groups in total.